The van der Waals surface area contributed by atoms with Crippen LogP contribution in [0.25, 0.3) is 0 Å². The van der Waals surface area contributed by atoms with E-state index in [1.165, 1.54) is 11.8 Å². The molecule has 1 N–H and O–H groups in total. The molecule has 0 aliphatic rings. The van der Waals surface area contributed by atoms with E-state index in [4.69, 9.17) is 11.6 Å². The Bertz CT molecular complexity index is 732. The quantitative estimate of drug-likeness (QED) is 0.834. The second-order valence-electron chi connectivity index (χ2n) is 5.09. The zero-order chi connectivity index (χ0) is 17.0. The largest absolute Gasteiger partial charge is 0.325 e. The maximum atomic E-state index is 12.2. The Hall–Kier alpha value is -1.85. The molecule has 4 nitrogen and oxygen atoms in total. The van der Waals surface area contributed by atoms with Gasteiger partial charge in [-0.3, -0.25) is 9.59 Å². The van der Waals surface area contributed by atoms with E-state index in [1.807, 2.05) is 25.1 Å². The number of halogens is 2. The van der Waals surface area contributed by atoms with E-state index in [-0.39, 0.29) is 18.4 Å². The van der Waals surface area contributed by atoms with E-state index in [2.05, 4.69) is 21.2 Å². The highest BCUT2D eigenvalue weighted by molar-refractivity contribution is 9.10. The van der Waals surface area contributed by atoms with Gasteiger partial charge in [-0.05, 0) is 48.9 Å². The lowest BCUT2D eigenvalue weighted by Gasteiger charge is -2.21. The molecule has 0 aromatic heterocycles. The lowest BCUT2D eigenvalue weighted by molar-refractivity contribution is -0.120. The number of nitrogens with one attached hydrogen (secondary N) is 1. The van der Waals surface area contributed by atoms with Gasteiger partial charge in [0.05, 0.1) is 0 Å². The Labute approximate surface area is 148 Å². The lowest BCUT2D eigenvalue weighted by Crippen LogP contribution is -2.36. The predicted octanol–water partition coefficient (Wildman–Crippen LogP) is 4.40. The number of carbonyl (C=O) groups excluding carboxylic acids is 2. The van der Waals surface area contributed by atoms with Gasteiger partial charge >= 0.3 is 0 Å². The molecular weight excluding hydrogens is 380 g/mol. The Morgan fingerprint density at radius 1 is 1.17 bits per heavy atom. The van der Waals surface area contributed by atoms with Crippen LogP contribution in [-0.2, 0) is 9.59 Å². The molecule has 0 aliphatic carbocycles. The van der Waals surface area contributed by atoms with Crippen LogP contribution in [-0.4, -0.2) is 18.4 Å². The first kappa shape index (κ1) is 17.5. The zero-order valence-corrected chi connectivity index (χ0v) is 15.1. The molecule has 0 aliphatic heterocycles. The zero-order valence-electron chi connectivity index (χ0n) is 12.8. The molecule has 2 rings (SSSR count). The highest BCUT2D eigenvalue weighted by Crippen LogP contribution is 2.24. The number of hydrogen-bond donors (Lipinski definition) is 1. The monoisotopic (exact) mass is 394 g/mol. The lowest BCUT2D eigenvalue weighted by atomic mass is 10.2. The van der Waals surface area contributed by atoms with E-state index >= 15 is 0 Å². The average molecular weight is 396 g/mol. The first-order chi connectivity index (χ1) is 10.9. The third-order valence-electron chi connectivity index (χ3n) is 3.28. The number of carbonyl (C=O) groups is 2. The van der Waals surface area contributed by atoms with Gasteiger partial charge in [-0.1, -0.05) is 33.6 Å². The van der Waals surface area contributed by atoms with Crippen LogP contribution in [0.2, 0.25) is 5.02 Å². The van der Waals surface area contributed by atoms with Gasteiger partial charge in [-0.25, -0.2) is 0 Å². The first-order valence-electron chi connectivity index (χ1n) is 6.96. The van der Waals surface area contributed by atoms with Gasteiger partial charge in [0.1, 0.15) is 6.54 Å². The summed E-state index contributed by atoms with van der Waals surface area (Å²) in [6.45, 7) is 3.33. The number of hydrogen-bond acceptors (Lipinski definition) is 2. The van der Waals surface area contributed by atoms with Crippen molar-refractivity contribution in [3.8, 4) is 0 Å². The van der Waals surface area contributed by atoms with Crippen LogP contribution in [0.3, 0.4) is 0 Å². The van der Waals surface area contributed by atoms with Crippen molar-refractivity contribution in [3.63, 3.8) is 0 Å². The molecule has 0 radical (unpaired) electrons. The van der Waals surface area contributed by atoms with E-state index in [0.717, 1.165) is 10.0 Å². The normalized spacial score (nSPS) is 10.3. The molecule has 6 heteroatoms. The molecule has 120 valence electrons. The fourth-order valence-corrected chi connectivity index (χ4v) is 2.50. The fourth-order valence-electron chi connectivity index (χ4n) is 2.01. The van der Waals surface area contributed by atoms with Crippen molar-refractivity contribution in [1.29, 1.82) is 0 Å². The first-order valence-corrected chi connectivity index (χ1v) is 8.13. The van der Waals surface area contributed by atoms with Gasteiger partial charge in [-0.15, -0.1) is 0 Å². The van der Waals surface area contributed by atoms with Crippen molar-refractivity contribution in [3.05, 3.63) is 57.5 Å². The molecule has 0 spiro atoms. The summed E-state index contributed by atoms with van der Waals surface area (Å²) >= 11 is 9.25. The maximum Gasteiger partial charge on any atom is 0.244 e. The van der Waals surface area contributed by atoms with Gasteiger partial charge in [-0.2, -0.15) is 0 Å². The minimum absolute atomic E-state index is 0.0620. The molecule has 2 aromatic rings. The van der Waals surface area contributed by atoms with Gasteiger partial charge in [0.25, 0.3) is 0 Å². The Morgan fingerprint density at radius 3 is 2.39 bits per heavy atom. The summed E-state index contributed by atoms with van der Waals surface area (Å²) in [6.07, 6.45) is 0. The number of rotatable bonds is 4. The standard InChI is InChI=1S/C17H16BrClN2O2/c1-11-3-8-15(9-16(11)18)21(12(2)22)10-17(23)20-14-6-4-13(19)5-7-14/h3-9H,10H2,1-2H3,(H,20,23). The molecule has 0 saturated carbocycles. The van der Waals surface area contributed by atoms with Crippen LogP contribution in [0.1, 0.15) is 12.5 Å². The van der Waals surface area contributed by atoms with Gasteiger partial charge in [0.2, 0.25) is 11.8 Å². The minimum atomic E-state index is -0.279. The smallest absolute Gasteiger partial charge is 0.244 e. The Kier molecular flexibility index (Phi) is 5.80. The van der Waals surface area contributed by atoms with E-state index in [9.17, 15) is 9.59 Å². The molecule has 2 amide bonds. The van der Waals surface area contributed by atoms with E-state index in [1.54, 1.807) is 24.3 Å². The SMILES string of the molecule is CC(=O)N(CC(=O)Nc1ccc(Cl)cc1)c1ccc(C)c(Br)c1. The highest BCUT2D eigenvalue weighted by Gasteiger charge is 2.16. The summed E-state index contributed by atoms with van der Waals surface area (Å²) in [6, 6.07) is 12.3. The molecule has 0 bridgehead atoms. The molecule has 0 unspecified atom stereocenters. The van der Waals surface area contributed by atoms with E-state index in [0.29, 0.717) is 16.4 Å². The summed E-state index contributed by atoms with van der Waals surface area (Å²) < 4.78 is 0.888. The van der Waals surface area contributed by atoms with Crippen LogP contribution in [0.4, 0.5) is 11.4 Å². The van der Waals surface area contributed by atoms with Gasteiger partial charge in [0, 0.05) is 27.8 Å². The van der Waals surface area contributed by atoms with Gasteiger partial charge < -0.3 is 10.2 Å². The van der Waals surface area contributed by atoms with Crippen LogP contribution >= 0.6 is 27.5 Å². The minimum Gasteiger partial charge on any atom is -0.325 e. The molecule has 2 aromatic carbocycles. The Balaban J connectivity index is 2.12. The van der Waals surface area contributed by atoms with Crippen molar-refractivity contribution in [1.82, 2.24) is 0 Å². The molecule has 0 fully saturated rings. The summed E-state index contributed by atoms with van der Waals surface area (Å²) in [5.41, 5.74) is 2.36. The van der Waals surface area contributed by atoms with Gasteiger partial charge in [0.15, 0.2) is 0 Å². The van der Waals surface area contributed by atoms with E-state index < -0.39 is 0 Å². The topological polar surface area (TPSA) is 49.4 Å². The second kappa shape index (κ2) is 7.62. The number of amides is 2. The number of aryl methyl sites for hydroxylation is 1. The number of benzene rings is 2. The predicted molar refractivity (Wildman–Crippen MR) is 97.0 cm³/mol. The fraction of sp³-hybridized carbons (Fsp3) is 0.176. The maximum absolute atomic E-state index is 12.2. The molecule has 0 atom stereocenters. The molecule has 0 saturated heterocycles. The third-order valence-corrected chi connectivity index (χ3v) is 4.38. The van der Waals surface area contributed by atoms with Crippen molar-refractivity contribution in [2.45, 2.75) is 13.8 Å². The second-order valence-corrected chi connectivity index (χ2v) is 6.38. The Morgan fingerprint density at radius 2 is 1.83 bits per heavy atom. The summed E-state index contributed by atoms with van der Waals surface area (Å²) in [4.78, 5) is 25.5. The third kappa shape index (κ3) is 4.81. The van der Waals surface area contributed by atoms with Crippen LogP contribution in [0.5, 0.6) is 0 Å². The highest BCUT2D eigenvalue weighted by atomic mass is 79.9. The summed E-state index contributed by atoms with van der Waals surface area (Å²) in [7, 11) is 0. The average Bonchev–Trinajstić information content (AvgIpc) is 2.50. The van der Waals surface area contributed by atoms with Crippen molar-refractivity contribution in [2.24, 2.45) is 0 Å². The molecular formula is C17H16BrClN2O2. The number of anilines is 2. The number of nitrogens with zero attached hydrogens (tertiary/aromatic N) is 1. The summed E-state index contributed by atoms with van der Waals surface area (Å²) in [5.74, 6) is -0.480. The van der Waals surface area contributed by atoms with Crippen LogP contribution in [0.15, 0.2) is 46.9 Å². The molecule has 0 heterocycles. The van der Waals surface area contributed by atoms with Crippen LogP contribution in [0, 0.1) is 6.92 Å². The summed E-state index contributed by atoms with van der Waals surface area (Å²) in [5, 5.41) is 3.34. The molecule has 23 heavy (non-hydrogen) atoms. The van der Waals surface area contributed by atoms with Crippen molar-refractivity contribution < 1.29 is 9.59 Å². The van der Waals surface area contributed by atoms with Crippen molar-refractivity contribution in [2.75, 3.05) is 16.8 Å². The van der Waals surface area contributed by atoms with Crippen LogP contribution < -0.4 is 10.2 Å². The van der Waals surface area contributed by atoms with Crippen molar-refractivity contribution >= 4 is 50.7 Å².